The monoisotopic (exact) mass is 382 g/mol. The molecule has 0 spiro atoms. The molecule has 0 aliphatic carbocycles. The molecule has 2 aromatic heterocycles. The predicted molar refractivity (Wildman–Crippen MR) is 108 cm³/mol. The molecule has 2 aromatic rings. The van der Waals surface area contributed by atoms with E-state index in [1.54, 1.807) is 4.40 Å². The second-order valence-corrected chi connectivity index (χ2v) is 8.29. The quantitative estimate of drug-likeness (QED) is 0.815. The Morgan fingerprint density at radius 1 is 1.11 bits per heavy atom. The van der Waals surface area contributed by atoms with Crippen molar-refractivity contribution >= 4 is 17.3 Å². The maximum atomic E-state index is 13.4. The lowest BCUT2D eigenvalue weighted by atomic mass is 9.99. The average molecular weight is 383 g/mol. The standard InChI is InChI=1S/C22H30N4O2/c1-3-17-10-4-6-13-25(17)21(27)19-18-11-5-7-14-26(18)20(23-19)22(28)24-12-8-9-16(2)15-24/h5,7,11,14,16-17H,3-4,6,8-10,12-13,15H2,1-2H3. The summed E-state index contributed by atoms with van der Waals surface area (Å²) in [4.78, 5) is 35.1. The predicted octanol–water partition coefficient (Wildman–Crippen LogP) is 3.61. The molecule has 2 atom stereocenters. The minimum absolute atomic E-state index is 0.0405. The highest BCUT2D eigenvalue weighted by Crippen LogP contribution is 2.25. The Bertz CT molecular complexity index is 875. The summed E-state index contributed by atoms with van der Waals surface area (Å²) in [6.45, 7) is 6.61. The highest BCUT2D eigenvalue weighted by molar-refractivity contribution is 6.02. The van der Waals surface area contributed by atoms with Crippen LogP contribution in [-0.2, 0) is 0 Å². The van der Waals surface area contributed by atoms with Gasteiger partial charge >= 0.3 is 0 Å². The summed E-state index contributed by atoms with van der Waals surface area (Å²) >= 11 is 0. The van der Waals surface area contributed by atoms with E-state index in [1.165, 1.54) is 6.42 Å². The number of carbonyl (C=O) groups is 2. The number of piperidine rings is 2. The van der Waals surface area contributed by atoms with Crippen molar-refractivity contribution in [2.24, 2.45) is 5.92 Å². The lowest BCUT2D eigenvalue weighted by Gasteiger charge is -2.34. The van der Waals surface area contributed by atoms with Crippen LogP contribution in [0.15, 0.2) is 24.4 Å². The fourth-order valence-corrected chi connectivity index (χ4v) is 4.69. The van der Waals surface area contributed by atoms with Gasteiger partial charge in [-0.25, -0.2) is 4.98 Å². The number of rotatable bonds is 3. The molecule has 2 saturated heterocycles. The van der Waals surface area contributed by atoms with E-state index in [1.807, 2.05) is 34.2 Å². The summed E-state index contributed by atoms with van der Waals surface area (Å²) in [5.74, 6) is 0.751. The zero-order valence-corrected chi connectivity index (χ0v) is 16.9. The van der Waals surface area contributed by atoms with Crippen molar-refractivity contribution in [2.45, 2.75) is 58.4 Å². The van der Waals surface area contributed by atoms with Crippen LogP contribution in [0, 0.1) is 5.92 Å². The third-order valence-electron chi connectivity index (χ3n) is 6.25. The molecule has 2 unspecified atom stereocenters. The third-order valence-corrected chi connectivity index (χ3v) is 6.25. The minimum atomic E-state index is -0.0718. The number of pyridine rings is 1. The van der Waals surface area contributed by atoms with Gasteiger partial charge < -0.3 is 9.80 Å². The number of fused-ring (bicyclic) bond motifs is 1. The van der Waals surface area contributed by atoms with Gasteiger partial charge in [-0.3, -0.25) is 14.0 Å². The Labute approximate surface area is 166 Å². The SMILES string of the molecule is CCC1CCCCN1C(=O)c1nc(C(=O)N2CCCC(C)C2)n2ccccc12. The first kappa shape index (κ1) is 19.0. The minimum Gasteiger partial charge on any atom is -0.336 e. The highest BCUT2D eigenvalue weighted by atomic mass is 16.2. The molecule has 0 radical (unpaired) electrons. The van der Waals surface area contributed by atoms with E-state index in [0.29, 0.717) is 17.4 Å². The van der Waals surface area contributed by atoms with Gasteiger partial charge in [0.05, 0.1) is 5.52 Å². The fraction of sp³-hybridized carbons (Fsp3) is 0.591. The van der Waals surface area contributed by atoms with Gasteiger partial charge in [-0.05, 0) is 56.6 Å². The number of hydrogen-bond donors (Lipinski definition) is 0. The van der Waals surface area contributed by atoms with Crippen LogP contribution >= 0.6 is 0 Å². The topological polar surface area (TPSA) is 57.9 Å². The zero-order chi connectivity index (χ0) is 19.7. The van der Waals surface area contributed by atoms with E-state index >= 15 is 0 Å². The van der Waals surface area contributed by atoms with E-state index in [2.05, 4.69) is 18.8 Å². The molecule has 2 amide bonds. The Hall–Kier alpha value is -2.37. The van der Waals surface area contributed by atoms with Gasteiger partial charge in [0.15, 0.2) is 5.69 Å². The van der Waals surface area contributed by atoms with Crippen LogP contribution in [0.1, 0.15) is 73.5 Å². The van der Waals surface area contributed by atoms with Crippen LogP contribution in [0.5, 0.6) is 0 Å². The van der Waals surface area contributed by atoms with Crippen molar-refractivity contribution in [3.05, 3.63) is 35.9 Å². The van der Waals surface area contributed by atoms with Gasteiger partial charge in [0, 0.05) is 31.9 Å². The molecule has 4 rings (SSSR count). The zero-order valence-electron chi connectivity index (χ0n) is 16.9. The van der Waals surface area contributed by atoms with Gasteiger partial charge in [0.2, 0.25) is 5.82 Å². The number of imidazole rings is 1. The molecule has 6 heteroatoms. The molecule has 2 aliphatic rings. The van der Waals surface area contributed by atoms with Gasteiger partial charge in [-0.1, -0.05) is 19.9 Å². The lowest BCUT2D eigenvalue weighted by Crippen LogP contribution is -2.43. The molecule has 2 fully saturated rings. The second-order valence-electron chi connectivity index (χ2n) is 8.29. The number of amides is 2. The van der Waals surface area contributed by atoms with Crippen LogP contribution in [0.3, 0.4) is 0 Å². The number of hydrogen-bond acceptors (Lipinski definition) is 3. The van der Waals surface area contributed by atoms with Crippen molar-refractivity contribution < 1.29 is 9.59 Å². The first-order valence-electron chi connectivity index (χ1n) is 10.7. The summed E-state index contributed by atoms with van der Waals surface area (Å²) in [5.41, 5.74) is 1.13. The van der Waals surface area contributed by atoms with Crippen LogP contribution < -0.4 is 0 Å². The molecule has 0 saturated carbocycles. The number of nitrogens with zero attached hydrogens (tertiary/aromatic N) is 4. The van der Waals surface area contributed by atoms with E-state index in [9.17, 15) is 9.59 Å². The molecular weight excluding hydrogens is 352 g/mol. The molecule has 28 heavy (non-hydrogen) atoms. The normalized spacial score (nSPS) is 23.2. The van der Waals surface area contributed by atoms with Crippen LogP contribution in [0.4, 0.5) is 0 Å². The molecule has 0 N–H and O–H groups in total. The summed E-state index contributed by atoms with van der Waals surface area (Å²) in [5, 5.41) is 0. The maximum Gasteiger partial charge on any atom is 0.290 e. The van der Waals surface area contributed by atoms with Crippen LogP contribution in [0.25, 0.3) is 5.52 Å². The van der Waals surface area contributed by atoms with Crippen molar-refractivity contribution in [3.8, 4) is 0 Å². The van der Waals surface area contributed by atoms with E-state index in [4.69, 9.17) is 0 Å². The lowest BCUT2D eigenvalue weighted by molar-refractivity contribution is 0.0604. The number of aromatic nitrogens is 2. The summed E-state index contributed by atoms with van der Waals surface area (Å²) in [7, 11) is 0. The van der Waals surface area contributed by atoms with Crippen molar-refractivity contribution in [1.29, 1.82) is 0 Å². The Kier molecular flexibility index (Phi) is 5.38. The molecule has 150 valence electrons. The number of carbonyl (C=O) groups excluding carboxylic acids is 2. The second kappa shape index (κ2) is 7.94. The van der Waals surface area contributed by atoms with Gasteiger partial charge in [-0.15, -0.1) is 0 Å². The largest absolute Gasteiger partial charge is 0.336 e. The number of likely N-dealkylation sites (tertiary alicyclic amines) is 2. The molecule has 0 bridgehead atoms. The van der Waals surface area contributed by atoms with E-state index < -0.39 is 0 Å². The van der Waals surface area contributed by atoms with Gasteiger partial charge in [-0.2, -0.15) is 0 Å². The van der Waals surface area contributed by atoms with Gasteiger partial charge in [0.25, 0.3) is 11.8 Å². The van der Waals surface area contributed by atoms with Crippen LogP contribution in [-0.4, -0.2) is 56.7 Å². The first-order valence-corrected chi connectivity index (χ1v) is 10.7. The van der Waals surface area contributed by atoms with Crippen molar-refractivity contribution in [2.75, 3.05) is 19.6 Å². The summed E-state index contributed by atoms with van der Waals surface area (Å²) in [6, 6.07) is 5.94. The Morgan fingerprint density at radius 2 is 1.96 bits per heavy atom. The molecule has 0 aromatic carbocycles. The average Bonchev–Trinajstić information content (AvgIpc) is 3.12. The van der Waals surface area contributed by atoms with Gasteiger partial charge in [0.1, 0.15) is 0 Å². The smallest absolute Gasteiger partial charge is 0.290 e. The Balaban J connectivity index is 1.70. The van der Waals surface area contributed by atoms with E-state index in [-0.39, 0.29) is 17.9 Å². The van der Waals surface area contributed by atoms with Crippen molar-refractivity contribution in [1.82, 2.24) is 19.2 Å². The first-order chi connectivity index (χ1) is 13.6. The third kappa shape index (κ3) is 3.40. The molecule has 2 aliphatic heterocycles. The highest BCUT2D eigenvalue weighted by Gasteiger charge is 2.32. The Morgan fingerprint density at radius 3 is 2.75 bits per heavy atom. The molecule has 6 nitrogen and oxygen atoms in total. The van der Waals surface area contributed by atoms with Crippen LogP contribution in [0.2, 0.25) is 0 Å². The van der Waals surface area contributed by atoms with Crippen molar-refractivity contribution in [3.63, 3.8) is 0 Å². The molecular formula is C22H30N4O2. The molecule has 4 heterocycles. The van der Waals surface area contributed by atoms with E-state index in [0.717, 1.165) is 57.3 Å². The maximum absolute atomic E-state index is 13.4. The fourth-order valence-electron chi connectivity index (χ4n) is 4.69. The summed E-state index contributed by atoms with van der Waals surface area (Å²) < 4.78 is 1.79. The summed E-state index contributed by atoms with van der Waals surface area (Å²) in [6.07, 6.45) is 8.22.